The van der Waals surface area contributed by atoms with Crippen LogP contribution in [0.1, 0.15) is 69.4 Å². The van der Waals surface area contributed by atoms with Gasteiger partial charge in [0.25, 0.3) is 0 Å². The van der Waals surface area contributed by atoms with Crippen molar-refractivity contribution in [1.29, 1.82) is 0 Å². The summed E-state index contributed by atoms with van der Waals surface area (Å²) >= 11 is 0. The van der Waals surface area contributed by atoms with Gasteiger partial charge in [-0.2, -0.15) is 0 Å². The molecule has 2 saturated carbocycles. The van der Waals surface area contributed by atoms with Gasteiger partial charge in [0.1, 0.15) is 11.9 Å². The minimum atomic E-state index is -0.0477. The lowest BCUT2D eigenvalue weighted by Gasteiger charge is -2.50. The number of esters is 1. The third-order valence-corrected chi connectivity index (χ3v) is 7.19. The van der Waals surface area contributed by atoms with Gasteiger partial charge in [-0.25, -0.2) is 0 Å². The number of carbonyl (C=O) groups excluding carboxylic acids is 1. The van der Waals surface area contributed by atoms with Crippen molar-refractivity contribution in [3.63, 3.8) is 0 Å². The zero-order chi connectivity index (χ0) is 16.9. The first kappa shape index (κ1) is 16.0. The Morgan fingerprint density at radius 1 is 1.29 bits per heavy atom. The second-order valence-electron chi connectivity index (χ2n) is 8.25. The van der Waals surface area contributed by atoms with E-state index in [9.17, 15) is 9.90 Å². The molecule has 0 radical (unpaired) electrons. The van der Waals surface area contributed by atoms with E-state index < -0.39 is 0 Å². The quantitative estimate of drug-likeness (QED) is 0.809. The van der Waals surface area contributed by atoms with Crippen LogP contribution in [0.4, 0.5) is 0 Å². The van der Waals surface area contributed by atoms with Gasteiger partial charge in [0.05, 0.1) is 0 Å². The molecule has 130 valence electrons. The van der Waals surface area contributed by atoms with E-state index in [1.807, 2.05) is 19.1 Å². The van der Waals surface area contributed by atoms with Gasteiger partial charge in [0, 0.05) is 11.8 Å². The largest absolute Gasteiger partial charge is 0.508 e. The first-order valence-corrected chi connectivity index (χ1v) is 9.54. The summed E-state index contributed by atoms with van der Waals surface area (Å²) in [5.41, 5.74) is 2.95. The molecule has 2 fully saturated rings. The predicted octanol–water partition coefficient (Wildman–Crippen LogP) is 4.57. The van der Waals surface area contributed by atoms with Crippen LogP contribution in [0.15, 0.2) is 18.2 Å². The van der Waals surface area contributed by atoms with Crippen LogP contribution >= 0.6 is 0 Å². The molecule has 5 atom stereocenters. The van der Waals surface area contributed by atoms with E-state index >= 15 is 0 Å². The van der Waals surface area contributed by atoms with Crippen molar-refractivity contribution in [1.82, 2.24) is 0 Å². The molecule has 3 aliphatic carbocycles. The highest BCUT2D eigenvalue weighted by Gasteiger charge is 2.56. The van der Waals surface area contributed by atoms with E-state index in [4.69, 9.17) is 4.74 Å². The second kappa shape index (κ2) is 5.79. The number of aromatic hydroxyl groups is 1. The Kier molecular flexibility index (Phi) is 3.85. The van der Waals surface area contributed by atoms with Gasteiger partial charge in [0.15, 0.2) is 0 Å². The molecule has 0 spiro atoms. The molecule has 0 aliphatic heterocycles. The van der Waals surface area contributed by atoms with Crippen LogP contribution in [0, 0.1) is 17.3 Å². The highest BCUT2D eigenvalue weighted by molar-refractivity contribution is 5.69. The zero-order valence-corrected chi connectivity index (χ0v) is 14.8. The maximum Gasteiger partial charge on any atom is 0.305 e. The Balaban J connectivity index is 1.60. The van der Waals surface area contributed by atoms with Crippen molar-refractivity contribution in [2.45, 2.75) is 70.8 Å². The van der Waals surface area contributed by atoms with Gasteiger partial charge in [0.2, 0.25) is 0 Å². The molecule has 1 aromatic carbocycles. The van der Waals surface area contributed by atoms with Crippen molar-refractivity contribution in [2.24, 2.45) is 17.3 Å². The summed E-state index contributed by atoms with van der Waals surface area (Å²) in [5, 5.41) is 9.77. The molecule has 0 amide bonds. The third kappa shape index (κ3) is 2.35. The highest BCUT2D eigenvalue weighted by atomic mass is 16.5. The predicted molar refractivity (Wildman–Crippen MR) is 92.9 cm³/mol. The molecule has 0 aromatic heterocycles. The maximum absolute atomic E-state index is 11.8. The van der Waals surface area contributed by atoms with Gasteiger partial charge < -0.3 is 9.84 Å². The summed E-state index contributed by atoms with van der Waals surface area (Å²) in [5.74, 6) is 2.32. The number of fused-ring (bicyclic) bond motifs is 5. The highest BCUT2D eigenvalue weighted by Crippen LogP contribution is 2.61. The van der Waals surface area contributed by atoms with Gasteiger partial charge in [-0.1, -0.05) is 19.9 Å². The van der Waals surface area contributed by atoms with Crippen LogP contribution in [0.5, 0.6) is 5.75 Å². The molecule has 24 heavy (non-hydrogen) atoms. The summed E-state index contributed by atoms with van der Waals surface area (Å²) in [4.78, 5) is 11.8. The van der Waals surface area contributed by atoms with Gasteiger partial charge in [-0.15, -0.1) is 0 Å². The Labute approximate surface area is 144 Å². The molecule has 3 aliphatic rings. The summed E-state index contributed by atoms with van der Waals surface area (Å²) in [6, 6.07) is 5.95. The molecular formula is C21H28O3. The van der Waals surface area contributed by atoms with Crippen LogP contribution in [-0.2, 0) is 16.0 Å². The second-order valence-corrected chi connectivity index (χ2v) is 8.25. The van der Waals surface area contributed by atoms with E-state index in [0.717, 1.165) is 19.3 Å². The molecule has 0 saturated heterocycles. The Hall–Kier alpha value is -1.51. The Morgan fingerprint density at radius 3 is 2.92 bits per heavy atom. The smallest absolute Gasteiger partial charge is 0.305 e. The monoisotopic (exact) mass is 328 g/mol. The normalized spacial score (nSPS) is 37.2. The molecular weight excluding hydrogens is 300 g/mol. The lowest BCUT2D eigenvalue weighted by molar-refractivity contribution is -0.157. The van der Waals surface area contributed by atoms with Gasteiger partial charge in [-0.3, -0.25) is 4.79 Å². The number of hydrogen-bond donors (Lipinski definition) is 1. The standard InChI is InChI=1S/C21H28O3/c1-3-20(23)24-19-9-8-18-17-6-4-13-12-14(22)5-7-15(13)16(17)10-11-21(18,19)2/h5,7,12,16-19,22H,3-4,6,8-11H2,1-2H3/t16-,17-,18+,19+,21-/m0/s1. The van der Waals surface area contributed by atoms with Crippen LogP contribution < -0.4 is 0 Å². The van der Waals surface area contributed by atoms with E-state index in [1.165, 1.54) is 30.4 Å². The average molecular weight is 328 g/mol. The SMILES string of the molecule is CCC(=O)O[C@@H]1CC[C@@H]2[C@H]3CCc4cc(O)ccc4[C@@H]3CC[C@@]21C. The number of rotatable bonds is 2. The maximum atomic E-state index is 11.8. The van der Waals surface area contributed by atoms with E-state index in [2.05, 4.69) is 13.0 Å². The van der Waals surface area contributed by atoms with Gasteiger partial charge >= 0.3 is 5.97 Å². The molecule has 0 heterocycles. The molecule has 1 aromatic rings. The summed E-state index contributed by atoms with van der Waals surface area (Å²) < 4.78 is 5.83. The lowest BCUT2D eigenvalue weighted by atomic mass is 9.55. The van der Waals surface area contributed by atoms with Crippen molar-refractivity contribution >= 4 is 5.97 Å². The summed E-state index contributed by atoms with van der Waals surface area (Å²) in [6.07, 6.45) is 7.38. The molecule has 1 N–H and O–H groups in total. The van der Waals surface area contributed by atoms with E-state index in [1.54, 1.807) is 0 Å². The van der Waals surface area contributed by atoms with Crippen molar-refractivity contribution in [3.05, 3.63) is 29.3 Å². The summed E-state index contributed by atoms with van der Waals surface area (Å²) in [7, 11) is 0. The number of phenolic OH excluding ortho intramolecular Hbond substituents is 1. The van der Waals surface area contributed by atoms with Crippen LogP contribution in [0.25, 0.3) is 0 Å². The van der Waals surface area contributed by atoms with E-state index in [0.29, 0.717) is 29.9 Å². The van der Waals surface area contributed by atoms with Crippen LogP contribution in [0.2, 0.25) is 0 Å². The fourth-order valence-electron chi connectivity index (χ4n) is 5.96. The number of hydrogen-bond acceptors (Lipinski definition) is 3. The van der Waals surface area contributed by atoms with Gasteiger partial charge in [-0.05, 0) is 79.5 Å². The average Bonchev–Trinajstić information content (AvgIpc) is 2.90. The fourth-order valence-corrected chi connectivity index (χ4v) is 5.96. The van der Waals surface area contributed by atoms with Crippen molar-refractivity contribution < 1.29 is 14.6 Å². The van der Waals surface area contributed by atoms with Crippen LogP contribution in [-0.4, -0.2) is 17.2 Å². The molecule has 4 rings (SSSR count). The molecule has 0 bridgehead atoms. The Bertz CT molecular complexity index is 652. The third-order valence-electron chi connectivity index (χ3n) is 7.19. The number of aryl methyl sites for hydroxylation is 1. The zero-order valence-electron chi connectivity index (χ0n) is 14.8. The Morgan fingerprint density at radius 2 is 2.12 bits per heavy atom. The fraction of sp³-hybridized carbons (Fsp3) is 0.667. The van der Waals surface area contributed by atoms with E-state index in [-0.39, 0.29) is 17.5 Å². The number of ether oxygens (including phenoxy) is 1. The molecule has 0 unspecified atom stereocenters. The number of benzene rings is 1. The van der Waals surface area contributed by atoms with Crippen LogP contribution in [0.3, 0.4) is 0 Å². The summed E-state index contributed by atoms with van der Waals surface area (Å²) in [6.45, 7) is 4.24. The molecule has 3 heteroatoms. The first-order valence-electron chi connectivity index (χ1n) is 9.54. The minimum Gasteiger partial charge on any atom is -0.508 e. The van der Waals surface area contributed by atoms with Crippen molar-refractivity contribution in [3.8, 4) is 5.75 Å². The van der Waals surface area contributed by atoms with Crippen molar-refractivity contribution in [2.75, 3.05) is 0 Å². The number of phenols is 1. The first-order chi connectivity index (χ1) is 11.5. The number of carbonyl (C=O) groups is 1. The molecule has 3 nitrogen and oxygen atoms in total. The lowest BCUT2D eigenvalue weighted by Crippen LogP contribution is -2.45. The topological polar surface area (TPSA) is 46.5 Å². The minimum absolute atomic E-state index is 0.0477.